The molecule has 0 radical (unpaired) electrons. The maximum Gasteiger partial charge on any atom is 0.338 e. The molecule has 0 atom stereocenters. The number of benzene rings is 2. The van der Waals surface area contributed by atoms with E-state index >= 15 is 0 Å². The van der Waals surface area contributed by atoms with E-state index < -0.39 is 5.97 Å². The van der Waals surface area contributed by atoms with Gasteiger partial charge in [-0.05, 0) is 48.9 Å². The van der Waals surface area contributed by atoms with Crippen molar-refractivity contribution in [3.05, 3.63) is 78.1 Å². The van der Waals surface area contributed by atoms with Crippen LogP contribution in [0.1, 0.15) is 28.7 Å². The molecule has 2 aromatic carbocycles. The number of methoxy groups -OCH3 is 1. The van der Waals surface area contributed by atoms with Crippen molar-refractivity contribution in [3.8, 4) is 5.75 Å². The summed E-state index contributed by atoms with van der Waals surface area (Å²) >= 11 is 1.30. The Morgan fingerprint density at radius 3 is 2.48 bits per heavy atom. The normalized spacial score (nSPS) is 10.5. The van der Waals surface area contributed by atoms with E-state index in [4.69, 9.17) is 9.47 Å². The average Bonchev–Trinajstić information content (AvgIpc) is 3.20. The number of hydrogen-bond donors (Lipinski definition) is 1. The molecule has 8 nitrogen and oxygen atoms in total. The highest BCUT2D eigenvalue weighted by Crippen LogP contribution is 2.21. The number of anilines is 1. The van der Waals surface area contributed by atoms with Gasteiger partial charge in [0.25, 0.3) is 0 Å². The predicted molar refractivity (Wildman–Crippen MR) is 128 cm³/mol. The zero-order chi connectivity index (χ0) is 23.6. The Kier molecular flexibility index (Phi) is 8.65. The molecular weight excluding hydrogens is 440 g/mol. The van der Waals surface area contributed by atoms with E-state index in [9.17, 15) is 9.59 Å². The number of thioether (sulfide) groups is 1. The van der Waals surface area contributed by atoms with E-state index in [1.165, 1.54) is 11.8 Å². The van der Waals surface area contributed by atoms with Crippen LogP contribution in [-0.4, -0.2) is 46.1 Å². The Morgan fingerprint density at radius 2 is 1.85 bits per heavy atom. The number of amides is 1. The monoisotopic (exact) mass is 466 g/mol. The summed E-state index contributed by atoms with van der Waals surface area (Å²) in [5.41, 5.74) is 2.11. The minimum Gasteiger partial charge on any atom is -0.497 e. The molecule has 3 aromatic rings. The third kappa shape index (κ3) is 6.69. The molecule has 0 saturated heterocycles. The summed E-state index contributed by atoms with van der Waals surface area (Å²) in [5, 5.41) is 12.0. The molecule has 0 unspecified atom stereocenters. The smallest absolute Gasteiger partial charge is 0.338 e. The van der Waals surface area contributed by atoms with Crippen LogP contribution in [0.5, 0.6) is 5.75 Å². The van der Waals surface area contributed by atoms with E-state index in [2.05, 4.69) is 22.1 Å². The maximum atomic E-state index is 12.4. The van der Waals surface area contributed by atoms with Crippen molar-refractivity contribution < 1.29 is 19.1 Å². The topological polar surface area (TPSA) is 95.3 Å². The summed E-state index contributed by atoms with van der Waals surface area (Å²) in [7, 11) is 1.63. The van der Waals surface area contributed by atoms with Crippen molar-refractivity contribution in [2.75, 3.05) is 24.8 Å². The van der Waals surface area contributed by atoms with Crippen molar-refractivity contribution in [2.24, 2.45) is 0 Å². The minimum atomic E-state index is -0.391. The molecule has 0 aliphatic carbocycles. The fraction of sp³-hybridized carbons (Fsp3) is 0.250. The molecule has 3 rings (SSSR count). The highest BCUT2D eigenvalue weighted by molar-refractivity contribution is 7.99. The highest BCUT2D eigenvalue weighted by atomic mass is 32.2. The quantitative estimate of drug-likeness (QED) is 0.259. The summed E-state index contributed by atoms with van der Waals surface area (Å²) in [6, 6.07) is 14.4. The first-order valence-electron chi connectivity index (χ1n) is 10.4. The zero-order valence-electron chi connectivity index (χ0n) is 18.6. The van der Waals surface area contributed by atoms with Gasteiger partial charge in [-0.15, -0.1) is 16.8 Å². The average molecular weight is 467 g/mol. The van der Waals surface area contributed by atoms with Gasteiger partial charge >= 0.3 is 5.97 Å². The third-order valence-corrected chi connectivity index (χ3v) is 5.61. The van der Waals surface area contributed by atoms with E-state index in [0.717, 1.165) is 17.1 Å². The molecule has 0 fully saturated rings. The standard InChI is InChI=1S/C24H26N4O4S/c1-4-14-28-21(15-17-6-12-20(31-3)13-7-17)26-27-24(28)33-16-22(29)25-19-10-8-18(9-11-19)23(30)32-5-2/h4,6-13H,1,5,14-16H2,2-3H3,(H,25,29). The second-order valence-corrected chi connectivity index (χ2v) is 7.90. The first kappa shape index (κ1) is 24.1. The van der Waals surface area contributed by atoms with Gasteiger partial charge in [-0.3, -0.25) is 4.79 Å². The van der Waals surface area contributed by atoms with Crippen LogP contribution in [0.25, 0.3) is 0 Å². The first-order valence-corrected chi connectivity index (χ1v) is 11.4. The largest absolute Gasteiger partial charge is 0.497 e. The summed E-state index contributed by atoms with van der Waals surface area (Å²) < 4.78 is 12.1. The van der Waals surface area contributed by atoms with Gasteiger partial charge in [0, 0.05) is 18.7 Å². The van der Waals surface area contributed by atoms with Crippen molar-refractivity contribution in [1.82, 2.24) is 14.8 Å². The van der Waals surface area contributed by atoms with Crippen molar-refractivity contribution in [1.29, 1.82) is 0 Å². The van der Waals surface area contributed by atoms with Gasteiger partial charge in [0.2, 0.25) is 5.91 Å². The molecule has 1 aromatic heterocycles. The minimum absolute atomic E-state index is 0.164. The number of ether oxygens (including phenoxy) is 2. The number of hydrogen-bond acceptors (Lipinski definition) is 7. The first-order chi connectivity index (χ1) is 16.0. The van der Waals surface area contributed by atoms with Gasteiger partial charge in [0.1, 0.15) is 11.6 Å². The second kappa shape index (κ2) is 11.9. The lowest BCUT2D eigenvalue weighted by Gasteiger charge is -2.09. The van der Waals surface area contributed by atoms with E-state index in [1.54, 1.807) is 44.4 Å². The predicted octanol–water partition coefficient (Wildman–Crippen LogP) is 3.97. The van der Waals surface area contributed by atoms with Gasteiger partial charge in [-0.1, -0.05) is 30.0 Å². The number of allylic oxidation sites excluding steroid dienone is 1. The van der Waals surface area contributed by atoms with Crippen molar-refractivity contribution >= 4 is 29.3 Å². The van der Waals surface area contributed by atoms with Gasteiger partial charge in [-0.25, -0.2) is 4.79 Å². The Bertz CT molecular complexity index is 1090. The molecule has 33 heavy (non-hydrogen) atoms. The van der Waals surface area contributed by atoms with Crippen molar-refractivity contribution in [3.63, 3.8) is 0 Å². The van der Waals surface area contributed by atoms with Crippen LogP contribution < -0.4 is 10.1 Å². The fourth-order valence-corrected chi connectivity index (χ4v) is 3.79. The van der Waals surface area contributed by atoms with E-state index in [-0.39, 0.29) is 11.7 Å². The number of nitrogens with one attached hydrogen (secondary N) is 1. The number of nitrogens with zero attached hydrogens (tertiary/aromatic N) is 3. The number of aromatic nitrogens is 3. The summed E-state index contributed by atoms with van der Waals surface area (Å²) in [4.78, 5) is 24.1. The van der Waals surface area contributed by atoms with Crippen molar-refractivity contribution in [2.45, 2.75) is 25.0 Å². The SMILES string of the molecule is C=CCn1c(Cc2ccc(OC)cc2)nnc1SCC(=O)Nc1ccc(C(=O)OCC)cc1. The van der Waals surface area contributed by atoms with Crippen LogP contribution in [0.2, 0.25) is 0 Å². The van der Waals surface area contributed by atoms with E-state index in [1.807, 2.05) is 28.8 Å². The Balaban J connectivity index is 1.60. The number of carbonyl (C=O) groups excluding carboxylic acids is 2. The molecule has 0 bridgehead atoms. The van der Waals surface area contributed by atoms with Crippen LogP contribution in [0.4, 0.5) is 5.69 Å². The van der Waals surface area contributed by atoms with Crippen LogP contribution in [0, 0.1) is 0 Å². The van der Waals surface area contributed by atoms with Crippen LogP contribution in [0.15, 0.2) is 66.3 Å². The highest BCUT2D eigenvalue weighted by Gasteiger charge is 2.14. The molecule has 0 saturated carbocycles. The molecule has 0 aliphatic heterocycles. The van der Waals surface area contributed by atoms with Gasteiger partial charge in [0.05, 0.1) is 25.0 Å². The maximum absolute atomic E-state index is 12.4. The number of esters is 1. The zero-order valence-corrected chi connectivity index (χ0v) is 19.4. The Morgan fingerprint density at radius 1 is 1.12 bits per heavy atom. The molecule has 0 spiro atoms. The van der Waals surface area contributed by atoms with E-state index in [0.29, 0.717) is 36.0 Å². The summed E-state index contributed by atoms with van der Waals surface area (Å²) in [5.74, 6) is 1.17. The molecule has 1 N–H and O–H groups in total. The number of carbonyl (C=O) groups is 2. The summed E-state index contributed by atoms with van der Waals surface area (Å²) in [6.45, 7) is 6.42. The van der Waals surface area contributed by atoms with Gasteiger partial charge < -0.3 is 19.4 Å². The number of rotatable bonds is 11. The Hall–Kier alpha value is -3.59. The summed E-state index contributed by atoms with van der Waals surface area (Å²) in [6.07, 6.45) is 2.38. The fourth-order valence-electron chi connectivity index (χ4n) is 3.03. The van der Waals surface area contributed by atoms with Gasteiger partial charge in [-0.2, -0.15) is 0 Å². The third-order valence-electron chi connectivity index (χ3n) is 4.64. The molecular formula is C24H26N4O4S. The molecule has 1 heterocycles. The lowest BCUT2D eigenvalue weighted by Crippen LogP contribution is -2.15. The molecule has 0 aliphatic rings. The second-order valence-electron chi connectivity index (χ2n) is 6.96. The molecule has 172 valence electrons. The van der Waals surface area contributed by atoms with Gasteiger partial charge in [0.15, 0.2) is 5.16 Å². The van der Waals surface area contributed by atoms with Crippen LogP contribution in [-0.2, 0) is 22.5 Å². The lowest BCUT2D eigenvalue weighted by molar-refractivity contribution is -0.113. The van der Waals surface area contributed by atoms with Crippen LogP contribution in [0.3, 0.4) is 0 Å². The lowest BCUT2D eigenvalue weighted by atomic mass is 10.1. The van der Waals surface area contributed by atoms with Crippen LogP contribution >= 0.6 is 11.8 Å². The molecule has 1 amide bonds. The molecule has 9 heteroatoms. The Labute approximate surface area is 197 Å².